The summed E-state index contributed by atoms with van der Waals surface area (Å²) in [4.78, 5) is 37.7. The zero-order valence-electron chi connectivity index (χ0n) is 19.3. The monoisotopic (exact) mass is 486 g/mol. The predicted octanol–water partition coefficient (Wildman–Crippen LogP) is 4.12. The molecule has 1 saturated heterocycles. The van der Waals surface area contributed by atoms with E-state index in [0.29, 0.717) is 0 Å². The second-order valence-electron chi connectivity index (χ2n) is 9.17. The highest BCUT2D eigenvalue weighted by Gasteiger charge is 2.35. The van der Waals surface area contributed by atoms with E-state index >= 15 is 0 Å². The quantitative estimate of drug-likeness (QED) is 0.614. The largest absolute Gasteiger partial charge is 0.481 e. The second kappa shape index (κ2) is 10.4. The molecule has 2 N–H and O–H groups in total. The lowest BCUT2D eigenvalue weighted by atomic mass is 9.87. The van der Waals surface area contributed by atoms with Gasteiger partial charge in [-0.3, -0.25) is 9.59 Å². The number of carboxylic acid groups (broad SMARTS) is 1. The van der Waals surface area contributed by atoms with Crippen LogP contribution in [0.2, 0.25) is 0 Å². The first-order chi connectivity index (χ1) is 16.8. The molecule has 9 heteroatoms. The molecule has 1 aliphatic heterocycles. The van der Waals surface area contributed by atoms with Crippen LogP contribution in [0, 0.1) is 11.8 Å². The fourth-order valence-corrected chi connectivity index (χ4v) is 5.05. The summed E-state index contributed by atoms with van der Waals surface area (Å²) in [6.45, 7) is 2.06. The molecule has 2 amide bonds. The molecule has 0 radical (unpaired) electrons. The molecule has 186 valence electrons. The van der Waals surface area contributed by atoms with Gasteiger partial charge in [-0.15, -0.1) is 0 Å². The van der Waals surface area contributed by atoms with Crippen LogP contribution in [0.5, 0.6) is 0 Å². The highest BCUT2D eigenvalue weighted by Crippen LogP contribution is 2.44. The Bertz CT molecular complexity index is 1060. The highest BCUT2D eigenvalue weighted by atomic mass is 19.3. The summed E-state index contributed by atoms with van der Waals surface area (Å²) in [5, 5.41) is 11.4. The number of nitrogens with zero attached hydrogens (tertiary/aromatic N) is 1. The van der Waals surface area contributed by atoms with Gasteiger partial charge in [-0.25, -0.2) is 13.6 Å². The first kappa shape index (κ1) is 24.6. The average molecular weight is 487 g/mol. The van der Waals surface area contributed by atoms with Gasteiger partial charge in [0, 0.05) is 19.0 Å². The number of nitrogens with one attached hydrogen (secondary N) is 1. The Morgan fingerprint density at radius 2 is 1.69 bits per heavy atom. The summed E-state index contributed by atoms with van der Waals surface area (Å²) < 4.78 is 32.6. The molecule has 0 spiro atoms. The van der Waals surface area contributed by atoms with Crippen molar-refractivity contribution in [3.8, 4) is 11.1 Å². The number of fused-ring (bicyclic) bond motifs is 3. The minimum atomic E-state index is -2.96. The number of piperidine rings is 1. The highest BCUT2D eigenvalue weighted by molar-refractivity contribution is 5.80. The molecule has 1 aliphatic carbocycles. The fraction of sp³-hybridized carbons (Fsp3) is 0.423. The van der Waals surface area contributed by atoms with Crippen molar-refractivity contribution in [2.24, 2.45) is 11.8 Å². The smallest absolute Gasteiger partial charge is 0.407 e. The van der Waals surface area contributed by atoms with Crippen molar-refractivity contribution in [1.82, 2.24) is 10.2 Å². The summed E-state index contributed by atoms with van der Waals surface area (Å²) in [6.07, 6.45) is -4.30. The number of halogens is 2. The maximum absolute atomic E-state index is 13.6. The van der Waals surface area contributed by atoms with Crippen LogP contribution in [0.3, 0.4) is 0 Å². The van der Waals surface area contributed by atoms with Gasteiger partial charge in [0.15, 0.2) is 0 Å². The van der Waals surface area contributed by atoms with Crippen molar-refractivity contribution in [3.05, 3.63) is 59.7 Å². The Kier molecular flexibility index (Phi) is 7.33. The van der Waals surface area contributed by atoms with Gasteiger partial charge in [-0.2, -0.15) is 0 Å². The third-order valence-corrected chi connectivity index (χ3v) is 6.92. The number of ether oxygens (including phenoxy) is 1. The molecule has 2 aromatic rings. The number of carbonyl (C=O) groups excluding carboxylic acids is 2. The third-order valence-electron chi connectivity index (χ3n) is 6.92. The van der Waals surface area contributed by atoms with E-state index in [-0.39, 0.29) is 38.0 Å². The van der Waals surface area contributed by atoms with Gasteiger partial charge >= 0.3 is 12.1 Å². The summed E-state index contributed by atoms with van der Waals surface area (Å²) in [6, 6.07) is 13.9. The summed E-state index contributed by atoms with van der Waals surface area (Å²) in [5.74, 6) is -2.54. The van der Waals surface area contributed by atoms with Gasteiger partial charge in [-0.05, 0) is 34.6 Å². The molecule has 35 heavy (non-hydrogen) atoms. The first-order valence-corrected chi connectivity index (χ1v) is 11.7. The van der Waals surface area contributed by atoms with Crippen LogP contribution in [0.15, 0.2) is 48.5 Å². The van der Waals surface area contributed by atoms with E-state index in [4.69, 9.17) is 4.74 Å². The molecule has 3 unspecified atom stereocenters. The predicted molar refractivity (Wildman–Crippen MR) is 124 cm³/mol. The number of likely N-dealkylation sites (tertiary alicyclic amines) is 1. The summed E-state index contributed by atoms with van der Waals surface area (Å²) in [7, 11) is 0. The van der Waals surface area contributed by atoms with Gasteiger partial charge in [0.25, 0.3) is 6.43 Å². The van der Waals surface area contributed by atoms with Crippen molar-refractivity contribution in [3.63, 3.8) is 0 Å². The molecule has 1 heterocycles. The van der Waals surface area contributed by atoms with Gasteiger partial charge < -0.3 is 20.1 Å². The Morgan fingerprint density at radius 3 is 2.23 bits per heavy atom. The lowest BCUT2D eigenvalue weighted by Gasteiger charge is -2.35. The number of alkyl halides is 2. The molecule has 1 fully saturated rings. The molecule has 7 nitrogen and oxygen atoms in total. The second-order valence-corrected chi connectivity index (χ2v) is 9.17. The lowest BCUT2D eigenvalue weighted by Crippen LogP contribution is -2.49. The zero-order chi connectivity index (χ0) is 25.1. The van der Waals surface area contributed by atoms with E-state index in [2.05, 4.69) is 5.32 Å². The number of rotatable bonds is 7. The number of hydrogen-bond acceptors (Lipinski definition) is 4. The molecule has 0 aromatic heterocycles. The van der Waals surface area contributed by atoms with Crippen LogP contribution in [0.4, 0.5) is 13.6 Å². The Labute approximate surface area is 202 Å². The summed E-state index contributed by atoms with van der Waals surface area (Å²) in [5.41, 5.74) is 4.10. The van der Waals surface area contributed by atoms with E-state index in [1.54, 1.807) is 6.92 Å². The molecule has 4 rings (SSSR count). The van der Waals surface area contributed by atoms with Gasteiger partial charge in [-0.1, -0.05) is 55.5 Å². The number of carbonyl (C=O) groups is 3. The minimum Gasteiger partial charge on any atom is -0.481 e. The van der Waals surface area contributed by atoms with Gasteiger partial charge in [0.05, 0.1) is 12.3 Å². The van der Waals surface area contributed by atoms with Gasteiger partial charge in [0.2, 0.25) is 5.91 Å². The van der Waals surface area contributed by atoms with Crippen LogP contribution >= 0.6 is 0 Å². The van der Waals surface area contributed by atoms with Crippen LogP contribution in [-0.4, -0.2) is 60.1 Å². The van der Waals surface area contributed by atoms with Crippen LogP contribution in [0.25, 0.3) is 11.1 Å². The number of carboxylic acids is 1. The van der Waals surface area contributed by atoms with E-state index in [9.17, 15) is 28.3 Å². The van der Waals surface area contributed by atoms with E-state index in [0.717, 1.165) is 22.3 Å². The van der Waals surface area contributed by atoms with E-state index in [1.165, 1.54) is 4.90 Å². The van der Waals surface area contributed by atoms with Crippen LogP contribution < -0.4 is 5.32 Å². The van der Waals surface area contributed by atoms with E-state index in [1.807, 2.05) is 48.5 Å². The number of aliphatic carboxylic acids is 1. The normalized spacial score (nSPS) is 20.2. The van der Waals surface area contributed by atoms with Crippen molar-refractivity contribution >= 4 is 18.0 Å². The number of hydrogen-bond donors (Lipinski definition) is 2. The van der Waals surface area contributed by atoms with Gasteiger partial charge in [0.1, 0.15) is 12.6 Å². The van der Waals surface area contributed by atoms with Crippen molar-refractivity contribution < 1.29 is 33.0 Å². The number of amides is 2. The maximum Gasteiger partial charge on any atom is 0.407 e. The first-order valence-electron chi connectivity index (χ1n) is 11.7. The molecular formula is C26H28F2N2O5. The lowest BCUT2D eigenvalue weighted by molar-refractivity contribution is -0.148. The standard InChI is InChI=1S/C26H28F2N2O5/c1-15-13-30(11-10-16(15)25(32)33)23(31)12-22(24(27)28)29-26(34)35-14-21-19-8-4-2-6-17(19)18-7-3-5-9-20(18)21/h2-9,15-16,21-22,24H,10-14H2,1H3,(H,29,34)(H,32,33). The van der Waals surface area contributed by atoms with Crippen molar-refractivity contribution in [2.75, 3.05) is 19.7 Å². The molecule has 0 saturated carbocycles. The van der Waals surface area contributed by atoms with Crippen LogP contribution in [-0.2, 0) is 14.3 Å². The molecule has 0 bridgehead atoms. The molecule has 2 aliphatic rings. The summed E-state index contributed by atoms with van der Waals surface area (Å²) >= 11 is 0. The Balaban J connectivity index is 1.34. The molecule has 3 atom stereocenters. The Morgan fingerprint density at radius 1 is 1.09 bits per heavy atom. The van der Waals surface area contributed by atoms with Crippen molar-refractivity contribution in [1.29, 1.82) is 0 Å². The van der Waals surface area contributed by atoms with Crippen molar-refractivity contribution in [2.45, 2.75) is 38.2 Å². The topological polar surface area (TPSA) is 95.9 Å². The average Bonchev–Trinajstić information content (AvgIpc) is 3.15. The number of benzene rings is 2. The van der Waals surface area contributed by atoms with E-state index < -0.39 is 42.8 Å². The molecular weight excluding hydrogens is 458 g/mol. The molecule has 2 aromatic carbocycles. The van der Waals surface area contributed by atoms with Crippen LogP contribution in [0.1, 0.15) is 36.8 Å². The SMILES string of the molecule is CC1CN(C(=O)CC(NC(=O)OCC2c3ccccc3-c3ccccc32)C(F)F)CCC1C(=O)O. The Hall–Kier alpha value is -3.49. The zero-order valence-corrected chi connectivity index (χ0v) is 19.3. The maximum atomic E-state index is 13.6. The minimum absolute atomic E-state index is 0.0238. The number of alkyl carbamates (subject to hydrolysis) is 1. The third kappa shape index (κ3) is 5.28. The fourth-order valence-electron chi connectivity index (χ4n) is 5.05.